The van der Waals surface area contributed by atoms with Crippen molar-refractivity contribution in [3.8, 4) is 11.5 Å². The maximum absolute atomic E-state index is 12.5. The Morgan fingerprint density at radius 2 is 1.86 bits per heavy atom. The number of carbonyl (C=O) groups is 2. The normalized spacial score (nSPS) is 13.1. The van der Waals surface area contributed by atoms with Gasteiger partial charge in [-0.3, -0.25) is 4.79 Å². The minimum absolute atomic E-state index is 0.0938. The van der Waals surface area contributed by atoms with Gasteiger partial charge in [0.05, 0.1) is 19.2 Å². The van der Waals surface area contributed by atoms with E-state index in [1.54, 1.807) is 11.0 Å². The molecule has 0 radical (unpaired) electrons. The maximum atomic E-state index is 12.5. The first-order valence-electron chi connectivity index (χ1n) is 9.36. The van der Waals surface area contributed by atoms with Gasteiger partial charge in [-0.15, -0.1) is 0 Å². The van der Waals surface area contributed by atoms with Crippen molar-refractivity contribution >= 4 is 29.2 Å². The number of methoxy groups -OCH3 is 2. The molecule has 0 bridgehead atoms. The third-order valence-corrected chi connectivity index (χ3v) is 5.00. The van der Waals surface area contributed by atoms with Gasteiger partial charge >= 0.3 is 6.03 Å². The number of amides is 3. The lowest BCUT2D eigenvalue weighted by Crippen LogP contribution is -2.32. The van der Waals surface area contributed by atoms with E-state index in [0.29, 0.717) is 34.3 Å². The average Bonchev–Trinajstić information content (AvgIpc) is 3.26. The molecule has 1 fully saturated rings. The molecule has 2 aromatic rings. The number of nitrogens with one attached hydrogen (secondary N) is 2. The average molecular weight is 418 g/mol. The number of ether oxygens (including phenoxy) is 2. The van der Waals surface area contributed by atoms with E-state index in [1.807, 2.05) is 24.3 Å². The SMILES string of the molecule is COc1cc(C(=O)NCc2cccc(NC(=O)N3CCCC3)c2)cc(Cl)c1OC. The number of rotatable bonds is 6. The number of benzene rings is 2. The fourth-order valence-corrected chi connectivity index (χ4v) is 3.50. The van der Waals surface area contributed by atoms with E-state index in [4.69, 9.17) is 21.1 Å². The van der Waals surface area contributed by atoms with Gasteiger partial charge in [-0.25, -0.2) is 4.79 Å². The molecule has 0 unspecified atom stereocenters. The predicted molar refractivity (Wildman–Crippen MR) is 112 cm³/mol. The Hall–Kier alpha value is -2.93. The van der Waals surface area contributed by atoms with E-state index in [0.717, 1.165) is 31.5 Å². The van der Waals surface area contributed by atoms with E-state index in [-0.39, 0.29) is 11.9 Å². The highest BCUT2D eigenvalue weighted by atomic mass is 35.5. The van der Waals surface area contributed by atoms with E-state index in [2.05, 4.69) is 10.6 Å². The van der Waals surface area contributed by atoms with Crippen LogP contribution in [0.25, 0.3) is 0 Å². The van der Waals surface area contributed by atoms with E-state index in [1.165, 1.54) is 20.3 Å². The topological polar surface area (TPSA) is 79.9 Å². The molecule has 0 atom stereocenters. The summed E-state index contributed by atoms with van der Waals surface area (Å²) in [5.74, 6) is 0.475. The summed E-state index contributed by atoms with van der Waals surface area (Å²) in [7, 11) is 2.97. The first-order chi connectivity index (χ1) is 14.0. The van der Waals surface area contributed by atoms with Crippen molar-refractivity contribution in [1.29, 1.82) is 0 Å². The quantitative estimate of drug-likeness (QED) is 0.746. The monoisotopic (exact) mass is 417 g/mol. The number of hydrogen-bond acceptors (Lipinski definition) is 4. The molecule has 29 heavy (non-hydrogen) atoms. The molecule has 3 amide bonds. The van der Waals surface area contributed by atoms with Crippen molar-refractivity contribution in [2.45, 2.75) is 19.4 Å². The summed E-state index contributed by atoms with van der Waals surface area (Å²) in [6.07, 6.45) is 2.08. The molecule has 8 heteroatoms. The molecule has 1 aliphatic heterocycles. The molecule has 0 spiro atoms. The number of anilines is 1. The van der Waals surface area contributed by atoms with Gasteiger partial charge in [0.2, 0.25) is 0 Å². The predicted octanol–water partition coefficient (Wildman–Crippen LogP) is 3.91. The summed E-state index contributed by atoms with van der Waals surface area (Å²) in [6.45, 7) is 1.88. The summed E-state index contributed by atoms with van der Waals surface area (Å²) in [4.78, 5) is 26.6. The number of carbonyl (C=O) groups excluding carboxylic acids is 2. The van der Waals surface area contributed by atoms with Gasteiger partial charge in [-0.05, 0) is 42.7 Å². The van der Waals surface area contributed by atoms with Crippen LogP contribution in [0.4, 0.5) is 10.5 Å². The maximum Gasteiger partial charge on any atom is 0.321 e. The van der Waals surface area contributed by atoms with Crippen LogP contribution in [-0.4, -0.2) is 44.1 Å². The summed E-state index contributed by atoms with van der Waals surface area (Å²) >= 11 is 6.17. The highest BCUT2D eigenvalue weighted by molar-refractivity contribution is 6.32. The van der Waals surface area contributed by atoms with Crippen LogP contribution < -0.4 is 20.1 Å². The molecule has 154 valence electrons. The number of likely N-dealkylation sites (tertiary alicyclic amines) is 1. The molecule has 1 heterocycles. The largest absolute Gasteiger partial charge is 0.493 e. The van der Waals surface area contributed by atoms with Crippen molar-refractivity contribution in [3.05, 3.63) is 52.5 Å². The molecule has 0 aromatic heterocycles. The molecule has 2 N–H and O–H groups in total. The molecule has 3 rings (SSSR count). The van der Waals surface area contributed by atoms with Crippen LogP contribution in [0.1, 0.15) is 28.8 Å². The van der Waals surface area contributed by atoms with Gasteiger partial charge in [-0.1, -0.05) is 23.7 Å². The van der Waals surface area contributed by atoms with Gasteiger partial charge in [0.15, 0.2) is 11.5 Å². The standard InChI is InChI=1S/C21H24ClN3O4/c1-28-18-12-15(11-17(22)19(18)29-2)20(26)23-13-14-6-5-7-16(10-14)24-21(27)25-8-3-4-9-25/h5-7,10-12H,3-4,8-9,13H2,1-2H3,(H,23,26)(H,24,27). The molecule has 1 saturated heterocycles. The Kier molecular flexibility index (Phi) is 6.82. The Bertz CT molecular complexity index is 897. The lowest BCUT2D eigenvalue weighted by Gasteiger charge is -2.16. The summed E-state index contributed by atoms with van der Waals surface area (Å²) < 4.78 is 10.4. The number of urea groups is 1. The van der Waals surface area contributed by atoms with Crippen LogP contribution in [0, 0.1) is 0 Å². The minimum Gasteiger partial charge on any atom is -0.493 e. The second-order valence-electron chi connectivity index (χ2n) is 6.70. The summed E-state index contributed by atoms with van der Waals surface area (Å²) in [6, 6.07) is 10.4. The second-order valence-corrected chi connectivity index (χ2v) is 7.11. The highest BCUT2D eigenvalue weighted by Gasteiger charge is 2.18. The van der Waals surface area contributed by atoms with Crippen molar-refractivity contribution < 1.29 is 19.1 Å². The van der Waals surface area contributed by atoms with E-state index in [9.17, 15) is 9.59 Å². The zero-order valence-corrected chi connectivity index (χ0v) is 17.2. The third kappa shape index (κ3) is 5.12. The highest BCUT2D eigenvalue weighted by Crippen LogP contribution is 2.36. The van der Waals surface area contributed by atoms with E-state index >= 15 is 0 Å². The van der Waals surface area contributed by atoms with Crippen LogP contribution in [0.15, 0.2) is 36.4 Å². The van der Waals surface area contributed by atoms with Gasteiger partial charge < -0.3 is 25.0 Å². The lowest BCUT2D eigenvalue weighted by molar-refractivity contribution is 0.0950. The fourth-order valence-electron chi connectivity index (χ4n) is 3.22. The fraction of sp³-hybridized carbons (Fsp3) is 0.333. The summed E-state index contributed by atoms with van der Waals surface area (Å²) in [5, 5.41) is 6.05. The molecule has 0 saturated carbocycles. The van der Waals surface area contributed by atoms with Crippen molar-refractivity contribution in [2.75, 3.05) is 32.6 Å². The number of hydrogen-bond donors (Lipinski definition) is 2. The Morgan fingerprint density at radius 3 is 2.55 bits per heavy atom. The third-order valence-electron chi connectivity index (χ3n) is 4.72. The van der Waals surface area contributed by atoms with Gasteiger partial charge in [0.25, 0.3) is 5.91 Å². The Balaban J connectivity index is 1.63. The lowest BCUT2D eigenvalue weighted by atomic mass is 10.1. The first kappa shape index (κ1) is 20.8. The smallest absolute Gasteiger partial charge is 0.321 e. The van der Waals surface area contributed by atoms with Crippen molar-refractivity contribution in [3.63, 3.8) is 0 Å². The molecule has 2 aromatic carbocycles. The minimum atomic E-state index is -0.292. The first-order valence-corrected chi connectivity index (χ1v) is 9.74. The number of nitrogens with zero attached hydrogens (tertiary/aromatic N) is 1. The molecule has 1 aliphatic rings. The van der Waals surface area contributed by atoms with Crippen LogP contribution in [0.3, 0.4) is 0 Å². The van der Waals surface area contributed by atoms with Crippen LogP contribution >= 0.6 is 11.6 Å². The van der Waals surface area contributed by atoms with E-state index < -0.39 is 0 Å². The number of halogens is 1. The zero-order chi connectivity index (χ0) is 20.8. The van der Waals surface area contributed by atoms with Gasteiger partial charge in [0, 0.05) is 30.9 Å². The van der Waals surface area contributed by atoms with Gasteiger partial charge in [0.1, 0.15) is 0 Å². The molecular weight excluding hydrogens is 394 g/mol. The molecule has 7 nitrogen and oxygen atoms in total. The molecule has 0 aliphatic carbocycles. The van der Waals surface area contributed by atoms with Gasteiger partial charge in [-0.2, -0.15) is 0 Å². The Morgan fingerprint density at radius 1 is 1.10 bits per heavy atom. The van der Waals surface area contributed by atoms with Crippen LogP contribution in [0.5, 0.6) is 11.5 Å². The Labute approximate surface area is 174 Å². The molecular formula is C21H24ClN3O4. The van der Waals surface area contributed by atoms with Crippen LogP contribution in [0.2, 0.25) is 5.02 Å². The summed E-state index contributed by atoms with van der Waals surface area (Å²) in [5.41, 5.74) is 1.93. The zero-order valence-electron chi connectivity index (χ0n) is 16.5. The van der Waals surface area contributed by atoms with Crippen molar-refractivity contribution in [1.82, 2.24) is 10.2 Å². The van der Waals surface area contributed by atoms with Crippen molar-refractivity contribution in [2.24, 2.45) is 0 Å². The van der Waals surface area contributed by atoms with Crippen LogP contribution in [-0.2, 0) is 6.54 Å². The second kappa shape index (κ2) is 9.52.